The van der Waals surface area contributed by atoms with Crippen LogP contribution in [-0.4, -0.2) is 25.0 Å². The number of amides is 2. The Morgan fingerprint density at radius 3 is 2.17 bits per heavy atom. The molecular weight excluding hydrogens is 304 g/mol. The van der Waals surface area contributed by atoms with Crippen molar-refractivity contribution >= 4 is 11.8 Å². The lowest BCUT2D eigenvalue weighted by atomic mass is 10.0. The predicted octanol–water partition coefficient (Wildman–Crippen LogP) is 2.14. The summed E-state index contributed by atoms with van der Waals surface area (Å²) < 4.78 is 5.11. The van der Waals surface area contributed by atoms with Gasteiger partial charge in [0, 0.05) is 12.0 Å². The molecule has 0 saturated carbocycles. The van der Waals surface area contributed by atoms with Gasteiger partial charge in [0.15, 0.2) is 0 Å². The first-order chi connectivity index (χ1) is 11.4. The monoisotopic (exact) mass is 326 g/mol. The van der Waals surface area contributed by atoms with E-state index in [2.05, 4.69) is 5.32 Å². The van der Waals surface area contributed by atoms with Crippen LogP contribution in [0.4, 0.5) is 0 Å². The van der Waals surface area contributed by atoms with Gasteiger partial charge in [-0.1, -0.05) is 29.3 Å². The molecule has 2 aromatic carbocycles. The zero-order valence-electron chi connectivity index (χ0n) is 14.1. The number of ether oxygens (including phenoxy) is 1. The van der Waals surface area contributed by atoms with E-state index in [9.17, 15) is 9.59 Å². The van der Waals surface area contributed by atoms with Crippen LogP contribution in [0.3, 0.4) is 0 Å². The van der Waals surface area contributed by atoms with Crippen LogP contribution < -0.4 is 15.8 Å². The quantitative estimate of drug-likeness (QED) is 0.853. The standard InChI is InChI=1S/C19H22N2O3/c1-12-8-13(2)10-15(9-12)19(23)21-17(18(20)22)11-14-4-6-16(24-3)7-5-14/h4-10,17H,11H2,1-3H3,(H2,20,22)(H,21,23)/t17-/m1/s1. The maximum atomic E-state index is 12.4. The Labute approximate surface area is 141 Å². The number of nitrogens with two attached hydrogens (primary N) is 1. The molecule has 2 amide bonds. The summed E-state index contributed by atoms with van der Waals surface area (Å²) in [4.78, 5) is 24.1. The molecule has 0 unspecified atom stereocenters. The molecule has 0 spiro atoms. The van der Waals surface area contributed by atoms with E-state index >= 15 is 0 Å². The molecule has 0 aromatic heterocycles. The SMILES string of the molecule is COc1ccc(C[C@@H](NC(=O)c2cc(C)cc(C)c2)C(N)=O)cc1. The van der Waals surface area contributed by atoms with Gasteiger partial charge in [-0.2, -0.15) is 0 Å². The Balaban J connectivity index is 2.12. The van der Waals surface area contributed by atoms with Crippen molar-refractivity contribution in [1.82, 2.24) is 5.32 Å². The number of methoxy groups -OCH3 is 1. The third-order valence-corrected chi connectivity index (χ3v) is 3.73. The molecule has 1 atom stereocenters. The van der Waals surface area contributed by atoms with Crippen molar-refractivity contribution in [2.24, 2.45) is 5.73 Å². The molecule has 2 aromatic rings. The Kier molecular flexibility index (Phi) is 5.58. The fourth-order valence-electron chi connectivity index (χ4n) is 2.57. The maximum Gasteiger partial charge on any atom is 0.251 e. The molecule has 3 N–H and O–H groups in total. The molecule has 5 heteroatoms. The number of aryl methyl sites for hydroxylation is 2. The van der Waals surface area contributed by atoms with E-state index < -0.39 is 11.9 Å². The van der Waals surface area contributed by atoms with Crippen molar-refractivity contribution in [3.8, 4) is 5.75 Å². The lowest BCUT2D eigenvalue weighted by Crippen LogP contribution is -2.45. The van der Waals surface area contributed by atoms with E-state index in [1.165, 1.54) is 0 Å². The summed E-state index contributed by atoms with van der Waals surface area (Å²) in [5.41, 5.74) is 8.84. The van der Waals surface area contributed by atoms with Gasteiger partial charge in [-0.05, 0) is 43.7 Å². The van der Waals surface area contributed by atoms with Gasteiger partial charge in [0.25, 0.3) is 5.91 Å². The molecule has 2 rings (SSSR count). The van der Waals surface area contributed by atoms with Crippen LogP contribution in [-0.2, 0) is 11.2 Å². The Morgan fingerprint density at radius 2 is 1.67 bits per heavy atom. The fourth-order valence-corrected chi connectivity index (χ4v) is 2.57. The summed E-state index contributed by atoms with van der Waals surface area (Å²) in [5.74, 6) is -0.142. The lowest BCUT2D eigenvalue weighted by molar-refractivity contribution is -0.119. The summed E-state index contributed by atoms with van der Waals surface area (Å²) in [6.45, 7) is 3.85. The van der Waals surface area contributed by atoms with E-state index in [-0.39, 0.29) is 5.91 Å². The van der Waals surface area contributed by atoms with E-state index in [1.54, 1.807) is 31.4 Å². The summed E-state index contributed by atoms with van der Waals surface area (Å²) in [5, 5.41) is 2.72. The first-order valence-corrected chi connectivity index (χ1v) is 7.70. The highest BCUT2D eigenvalue weighted by atomic mass is 16.5. The van der Waals surface area contributed by atoms with Crippen LogP contribution in [0.2, 0.25) is 0 Å². The minimum Gasteiger partial charge on any atom is -0.497 e. The van der Waals surface area contributed by atoms with Crippen LogP contribution in [0.5, 0.6) is 5.75 Å². The molecule has 0 aliphatic heterocycles. The second kappa shape index (κ2) is 7.64. The molecule has 0 fully saturated rings. The third kappa shape index (κ3) is 4.59. The second-order valence-electron chi connectivity index (χ2n) is 5.86. The lowest BCUT2D eigenvalue weighted by Gasteiger charge is -2.16. The Morgan fingerprint density at radius 1 is 1.08 bits per heavy atom. The van der Waals surface area contributed by atoms with Crippen molar-refractivity contribution in [1.29, 1.82) is 0 Å². The minimum absolute atomic E-state index is 0.306. The van der Waals surface area contributed by atoms with Gasteiger partial charge in [-0.15, -0.1) is 0 Å². The zero-order chi connectivity index (χ0) is 17.7. The summed E-state index contributed by atoms with van der Waals surface area (Å²) in [6.07, 6.45) is 0.329. The first-order valence-electron chi connectivity index (χ1n) is 7.70. The second-order valence-corrected chi connectivity index (χ2v) is 5.86. The summed E-state index contributed by atoms with van der Waals surface area (Å²) >= 11 is 0. The maximum absolute atomic E-state index is 12.4. The number of nitrogens with one attached hydrogen (secondary N) is 1. The van der Waals surface area contributed by atoms with Gasteiger partial charge in [0.05, 0.1) is 7.11 Å². The fraction of sp³-hybridized carbons (Fsp3) is 0.263. The van der Waals surface area contributed by atoms with Crippen molar-refractivity contribution < 1.29 is 14.3 Å². The van der Waals surface area contributed by atoms with E-state index in [1.807, 2.05) is 32.0 Å². The molecule has 0 bridgehead atoms. The third-order valence-electron chi connectivity index (χ3n) is 3.73. The molecule has 0 aliphatic rings. The largest absolute Gasteiger partial charge is 0.497 e. The van der Waals surface area contributed by atoms with Crippen LogP contribution >= 0.6 is 0 Å². The van der Waals surface area contributed by atoms with E-state index in [0.29, 0.717) is 12.0 Å². The van der Waals surface area contributed by atoms with Gasteiger partial charge in [0.1, 0.15) is 11.8 Å². The number of hydrogen-bond acceptors (Lipinski definition) is 3. The van der Waals surface area contributed by atoms with Gasteiger partial charge in [-0.3, -0.25) is 9.59 Å². The van der Waals surface area contributed by atoms with Gasteiger partial charge in [-0.25, -0.2) is 0 Å². The number of hydrogen-bond donors (Lipinski definition) is 2. The van der Waals surface area contributed by atoms with E-state index in [4.69, 9.17) is 10.5 Å². The topological polar surface area (TPSA) is 81.4 Å². The van der Waals surface area contributed by atoms with Crippen molar-refractivity contribution in [3.63, 3.8) is 0 Å². The number of benzene rings is 2. The molecule has 0 heterocycles. The van der Waals surface area contributed by atoms with Crippen molar-refractivity contribution in [2.45, 2.75) is 26.3 Å². The van der Waals surface area contributed by atoms with Crippen molar-refractivity contribution in [2.75, 3.05) is 7.11 Å². The predicted molar refractivity (Wildman–Crippen MR) is 93.1 cm³/mol. The highest BCUT2D eigenvalue weighted by Crippen LogP contribution is 2.13. The van der Waals surface area contributed by atoms with E-state index in [0.717, 1.165) is 22.4 Å². The summed E-state index contributed by atoms with van der Waals surface area (Å²) in [7, 11) is 1.59. The molecule has 0 radical (unpaired) electrons. The van der Waals surface area contributed by atoms with Crippen LogP contribution in [0.1, 0.15) is 27.0 Å². The Bertz CT molecular complexity index is 719. The van der Waals surface area contributed by atoms with Gasteiger partial charge < -0.3 is 15.8 Å². The molecule has 126 valence electrons. The molecule has 0 aliphatic carbocycles. The molecule has 24 heavy (non-hydrogen) atoms. The molecular formula is C19H22N2O3. The van der Waals surface area contributed by atoms with Gasteiger partial charge in [0.2, 0.25) is 5.91 Å². The van der Waals surface area contributed by atoms with Crippen LogP contribution in [0, 0.1) is 13.8 Å². The van der Waals surface area contributed by atoms with Crippen molar-refractivity contribution in [3.05, 3.63) is 64.7 Å². The van der Waals surface area contributed by atoms with Gasteiger partial charge >= 0.3 is 0 Å². The number of carbonyl (C=O) groups excluding carboxylic acids is 2. The Hall–Kier alpha value is -2.82. The summed E-state index contributed by atoms with van der Waals surface area (Å²) in [6, 6.07) is 12.1. The average molecular weight is 326 g/mol. The number of rotatable bonds is 6. The molecule has 0 saturated heterocycles. The average Bonchev–Trinajstić information content (AvgIpc) is 2.53. The smallest absolute Gasteiger partial charge is 0.251 e. The number of primary amides is 1. The van der Waals surface area contributed by atoms with Crippen LogP contribution in [0.25, 0.3) is 0 Å². The number of carbonyl (C=O) groups is 2. The minimum atomic E-state index is -0.772. The zero-order valence-corrected chi connectivity index (χ0v) is 14.1. The first kappa shape index (κ1) is 17.5. The normalized spacial score (nSPS) is 11.6. The molecule has 5 nitrogen and oxygen atoms in total. The van der Waals surface area contributed by atoms with Crippen LogP contribution in [0.15, 0.2) is 42.5 Å². The highest BCUT2D eigenvalue weighted by Gasteiger charge is 2.19. The highest BCUT2D eigenvalue weighted by molar-refractivity contribution is 5.97.